The van der Waals surface area contributed by atoms with Gasteiger partial charge < -0.3 is 40.3 Å². The average molecular weight is 740 g/mol. The van der Waals surface area contributed by atoms with E-state index in [1.54, 1.807) is 6.08 Å². The zero-order valence-corrected chi connectivity index (χ0v) is 33.3. The number of hydrogen-bond donors (Lipinski definition) is 6. The first-order chi connectivity index (χ1) is 25.3. The molecule has 1 aliphatic rings. The lowest BCUT2D eigenvalue weighted by atomic mass is 9.99. The van der Waals surface area contributed by atoms with Gasteiger partial charge in [-0.2, -0.15) is 0 Å². The van der Waals surface area contributed by atoms with Crippen LogP contribution in [0.5, 0.6) is 0 Å². The van der Waals surface area contributed by atoms with E-state index in [0.717, 1.165) is 57.8 Å². The number of unbranched alkanes of at least 4 members (excludes halogenated alkanes) is 23. The summed E-state index contributed by atoms with van der Waals surface area (Å²) in [5, 5.41) is 54.0. The van der Waals surface area contributed by atoms with Gasteiger partial charge in [0.2, 0.25) is 5.91 Å². The molecule has 0 aliphatic carbocycles. The third kappa shape index (κ3) is 24.9. The van der Waals surface area contributed by atoms with Crippen molar-refractivity contribution in [1.29, 1.82) is 0 Å². The number of hydrogen-bond acceptors (Lipinski definition) is 8. The van der Waals surface area contributed by atoms with Crippen molar-refractivity contribution in [3.05, 3.63) is 24.3 Å². The summed E-state index contributed by atoms with van der Waals surface area (Å²) < 4.78 is 11.2. The Kier molecular flexibility index (Phi) is 32.0. The molecule has 0 bridgehead atoms. The molecule has 9 heteroatoms. The van der Waals surface area contributed by atoms with Crippen LogP contribution in [-0.4, -0.2) is 87.5 Å². The number of aliphatic hydroxyl groups is 5. The minimum Gasteiger partial charge on any atom is -0.394 e. The van der Waals surface area contributed by atoms with Gasteiger partial charge in [-0.25, -0.2) is 0 Å². The number of allylic oxidation sites excluding steroid dienone is 3. The summed E-state index contributed by atoms with van der Waals surface area (Å²) in [4.78, 5) is 12.9. The first-order valence-electron chi connectivity index (χ1n) is 21.6. The molecule has 2 unspecified atom stereocenters. The van der Waals surface area contributed by atoms with Crippen LogP contribution in [0.4, 0.5) is 0 Å². The number of ether oxygens (including phenoxy) is 2. The highest BCUT2D eigenvalue weighted by molar-refractivity contribution is 5.76. The maximum absolute atomic E-state index is 12.9. The molecular formula is C43H81NO8. The molecule has 0 aromatic rings. The first kappa shape index (κ1) is 48.7. The Morgan fingerprint density at radius 3 is 1.58 bits per heavy atom. The minimum atomic E-state index is -1.56. The maximum Gasteiger partial charge on any atom is 0.220 e. The molecule has 0 aromatic heterocycles. The van der Waals surface area contributed by atoms with E-state index in [0.29, 0.717) is 6.42 Å². The Morgan fingerprint density at radius 1 is 0.635 bits per heavy atom. The van der Waals surface area contributed by atoms with Crippen LogP contribution in [-0.2, 0) is 14.3 Å². The number of rotatable bonds is 35. The molecule has 6 N–H and O–H groups in total. The maximum atomic E-state index is 12.9. The second-order valence-corrected chi connectivity index (χ2v) is 15.1. The third-order valence-corrected chi connectivity index (χ3v) is 10.3. The molecule has 306 valence electrons. The van der Waals surface area contributed by atoms with Crippen LogP contribution in [0, 0.1) is 0 Å². The molecule has 52 heavy (non-hydrogen) atoms. The Labute approximate surface area is 318 Å². The van der Waals surface area contributed by atoms with Gasteiger partial charge in [0.05, 0.1) is 25.4 Å². The highest BCUT2D eigenvalue weighted by atomic mass is 16.7. The summed E-state index contributed by atoms with van der Waals surface area (Å²) in [6, 6.07) is -0.804. The van der Waals surface area contributed by atoms with E-state index in [4.69, 9.17) is 9.47 Å². The standard InChI is InChI=1S/C43H81NO8/c1-3-5-7-9-11-13-15-17-18-19-21-22-24-26-28-30-32-37(46)36(35-51-43-42(50)41(49)40(48)38(34-45)52-43)44-39(47)33-31-29-27-25-23-20-16-14-12-10-8-6-4-2/h14,16,30,32,36-38,40-43,45-46,48-50H,3-13,15,17-29,31,33-35H2,1-2H3,(H,44,47)/b16-14+,32-30+/t36-,37+,38+,40+,41?,42?,43+/m0/s1. The number of carbonyl (C=O) groups excluding carboxylic acids is 1. The van der Waals surface area contributed by atoms with Gasteiger partial charge in [-0.05, 0) is 44.9 Å². The van der Waals surface area contributed by atoms with Gasteiger partial charge in [-0.3, -0.25) is 4.79 Å². The van der Waals surface area contributed by atoms with Crippen LogP contribution in [0.3, 0.4) is 0 Å². The Hall–Kier alpha value is -1.33. The number of amides is 1. The Morgan fingerprint density at radius 2 is 1.08 bits per heavy atom. The van der Waals surface area contributed by atoms with Crippen molar-refractivity contribution in [2.24, 2.45) is 0 Å². The average Bonchev–Trinajstić information content (AvgIpc) is 3.14. The molecule has 0 spiro atoms. The van der Waals surface area contributed by atoms with Gasteiger partial charge in [0, 0.05) is 6.42 Å². The van der Waals surface area contributed by atoms with Crippen molar-refractivity contribution >= 4 is 5.91 Å². The molecule has 1 aliphatic heterocycles. The van der Waals surface area contributed by atoms with Gasteiger partial charge in [-0.1, -0.05) is 160 Å². The van der Waals surface area contributed by atoms with Gasteiger partial charge in [0.1, 0.15) is 24.4 Å². The third-order valence-electron chi connectivity index (χ3n) is 10.3. The van der Waals surface area contributed by atoms with Gasteiger partial charge in [0.15, 0.2) is 6.29 Å². The summed E-state index contributed by atoms with van der Waals surface area (Å²) in [6.07, 6.45) is 32.1. The van der Waals surface area contributed by atoms with Gasteiger partial charge >= 0.3 is 0 Å². The summed E-state index contributed by atoms with van der Waals surface area (Å²) in [6.45, 7) is 3.74. The minimum absolute atomic E-state index is 0.187. The predicted octanol–water partition coefficient (Wildman–Crippen LogP) is 8.33. The smallest absolute Gasteiger partial charge is 0.220 e. The highest BCUT2D eigenvalue weighted by Gasteiger charge is 2.44. The molecule has 0 radical (unpaired) electrons. The molecule has 0 saturated carbocycles. The van der Waals surface area contributed by atoms with Crippen molar-refractivity contribution in [2.45, 2.75) is 230 Å². The topological polar surface area (TPSA) is 149 Å². The van der Waals surface area contributed by atoms with Crippen LogP contribution in [0.15, 0.2) is 24.3 Å². The lowest BCUT2D eigenvalue weighted by molar-refractivity contribution is -0.302. The molecule has 1 amide bonds. The molecule has 1 fully saturated rings. The van der Waals surface area contributed by atoms with E-state index < -0.39 is 49.5 Å². The van der Waals surface area contributed by atoms with E-state index in [1.165, 1.54) is 109 Å². The quantitative estimate of drug-likeness (QED) is 0.0281. The van der Waals surface area contributed by atoms with E-state index in [2.05, 4.69) is 31.3 Å². The largest absolute Gasteiger partial charge is 0.394 e. The van der Waals surface area contributed by atoms with Crippen molar-refractivity contribution in [1.82, 2.24) is 5.32 Å². The molecule has 1 heterocycles. The second-order valence-electron chi connectivity index (χ2n) is 15.1. The van der Waals surface area contributed by atoms with E-state index >= 15 is 0 Å². The summed E-state index contributed by atoms with van der Waals surface area (Å²) in [5.41, 5.74) is 0. The van der Waals surface area contributed by atoms with E-state index in [1.807, 2.05) is 6.08 Å². The Bertz CT molecular complexity index is 868. The number of carbonyl (C=O) groups is 1. The molecule has 7 atom stereocenters. The van der Waals surface area contributed by atoms with Crippen molar-refractivity contribution in [3.63, 3.8) is 0 Å². The van der Waals surface area contributed by atoms with Crippen molar-refractivity contribution < 1.29 is 39.8 Å². The fourth-order valence-corrected chi connectivity index (χ4v) is 6.74. The fraction of sp³-hybridized carbons (Fsp3) is 0.884. The SMILES string of the molecule is CCCCCC/C=C/CCCCCCCC(=O)N[C@@H](CO[C@@H]1O[C@H](CO)[C@@H](O)C(O)C1O)[C@H](O)/C=C/CCCCCCCCCCCCCCCC. The van der Waals surface area contributed by atoms with Crippen LogP contribution >= 0.6 is 0 Å². The fourth-order valence-electron chi connectivity index (χ4n) is 6.74. The normalized spacial score (nSPS) is 22.0. The molecule has 1 saturated heterocycles. The number of aliphatic hydroxyl groups excluding tert-OH is 5. The summed E-state index contributed by atoms with van der Waals surface area (Å²) in [7, 11) is 0. The summed E-state index contributed by atoms with van der Waals surface area (Å²) >= 11 is 0. The van der Waals surface area contributed by atoms with Crippen molar-refractivity contribution in [3.8, 4) is 0 Å². The van der Waals surface area contributed by atoms with E-state index in [9.17, 15) is 30.3 Å². The van der Waals surface area contributed by atoms with Crippen LogP contribution < -0.4 is 5.32 Å². The first-order valence-corrected chi connectivity index (χ1v) is 21.6. The second kappa shape index (κ2) is 34.2. The zero-order valence-electron chi connectivity index (χ0n) is 33.3. The molecular weight excluding hydrogens is 658 g/mol. The zero-order chi connectivity index (χ0) is 38.1. The molecule has 0 aromatic carbocycles. The molecule has 1 rings (SSSR count). The summed E-state index contributed by atoms with van der Waals surface area (Å²) in [5.74, 6) is -0.187. The van der Waals surface area contributed by atoms with Gasteiger partial charge in [0.25, 0.3) is 0 Å². The van der Waals surface area contributed by atoms with Crippen LogP contribution in [0.1, 0.15) is 187 Å². The predicted molar refractivity (Wildman–Crippen MR) is 212 cm³/mol. The van der Waals surface area contributed by atoms with Crippen LogP contribution in [0.25, 0.3) is 0 Å². The lowest BCUT2D eigenvalue weighted by Crippen LogP contribution is -2.60. The number of nitrogens with one attached hydrogen (secondary N) is 1. The van der Waals surface area contributed by atoms with E-state index in [-0.39, 0.29) is 12.5 Å². The van der Waals surface area contributed by atoms with Crippen molar-refractivity contribution in [2.75, 3.05) is 13.2 Å². The van der Waals surface area contributed by atoms with Crippen LogP contribution in [0.2, 0.25) is 0 Å². The lowest BCUT2D eigenvalue weighted by Gasteiger charge is -2.40. The van der Waals surface area contributed by atoms with Gasteiger partial charge in [-0.15, -0.1) is 0 Å². The monoisotopic (exact) mass is 740 g/mol. The highest BCUT2D eigenvalue weighted by Crippen LogP contribution is 2.22. The Balaban J connectivity index is 2.41. The molecule has 9 nitrogen and oxygen atoms in total.